The smallest absolute Gasteiger partial charge is 0.276 e. The van der Waals surface area contributed by atoms with E-state index in [4.69, 9.17) is 17.0 Å². The Hall–Kier alpha value is -3.71. The Kier molecular flexibility index (Phi) is 6.91. The Balaban J connectivity index is 1.42. The minimum atomic E-state index is -0.436. The second-order valence-corrected chi connectivity index (χ2v) is 6.41. The maximum Gasteiger partial charge on any atom is 0.276 e. The Morgan fingerprint density at radius 1 is 0.897 bits per heavy atom. The predicted molar refractivity (Wildman–Crippen MR) is 117 cm³/mol. The fourth-order valence-corrected chi connectivity index (χ4v) is 2.70. The number of amides is 2. The van der Waals surface area contributed by atoms with Crippen LogP contribution in [0.2, 0.25) is 0 Å². The maximum absolute atomic E-state index is 12.0. The lowest BCUT2D eigenvalue weighted by Gasteiger charge is -2.11. The van der Waals surface area contributed by atoms with Gasteiger partial charge in [-0.2, -0.15) is 0 Å². The molecule has 29 heavy (non-hydrogen) atoms. The van der Waals surface area contributed by atoms with E-state index in [1.165, 1.54) is 6.08 Å². The second kappa shape index (κ2) is 10.0. The largest absolute Gasteiger partial charge is 0.483 e. The van der Waals surface area contributed by atoms with E-state index < -0.39 is 11.8 Å². The summed E-state index contributed by atoms with van der Waals surface area (Å²) in [5.41, 5.74) is 5.75. The Morgan fingerprint density at radius 3 is 2.45 bits per heavy atom. The molecular formula is C22H19N3O3S. The van der Waals surface area contributed by atoms with E-state index in [-0.39, 0.29) is 11.7 Å². The molecule has 2 amide bonds. The third kappa shape index (κ3) is 6.15. The lowest BCUT2D eigenvalue weighted by molar-refractivity contribution is -0.123. The monoisotopic (exact) mass is 405 g/mol. The Labute approximate surface area is 173 Å². The zero-order valence-electron chi connectivity index (χ0n) is 15.4. The molecule has 6 nitrogen and oxygen atoms in total. The van der Waals surface area contributed by atoms with Crippen LogP contribution in [0.3, 0.4) is 0 Å². The molecule has 0 aromatic heterocycles. The van der Waals surface area contributed by atoms with Crippen molar-refractivity contribution in [2.24, 2.45) is 0 Å². The molecule has 3 N–H and O–H groups in total. The molecule has 0 fully saturated rings. The summed E-state index contributed by atoms with van der Waals surface area (Å²) in [6.45, 7) is -0.203. The number of carbonyl (C=O) groups excluding carboxylic acids is 2. The third-order valence-corrected chi connectivity index (χ3v) is 4.09. The highest BCUT2D eigenvalue weighted by Gasteiger charge is 2.07. The molecule has 0 atom stereocenters. The molecule has 0 aliphatic rings. The first-order valence-electron chi connectivity index (χ1n) is 8.85. The van der Waals surface area contributed by atoms with Crippen LogP contribution in [0.25, 0.3) is 16.8 Å². The first-order chi connectivity index (χ1) is 14.1. The molecule has 0 bridgehead atoms. The summed E-state index contributed by atoms with van der Waals surface area (Å²) in [5.74, 6) is -0.234. The molecule has 3 aromatic rings. The van der Waals surface area contributed by atoms with Crippen molar-refractivity contribution in [1.29, 1.82) is 0 Å². The molecule has 0 heterocycles. The van der Waals surface area contributed by atoms with Crippen LogP contribution in [-0.4, -0.2) is 23.5 Å². The van der Waals surface area contributed by atoms with Gasteiger partial charge in [-0.05, 0) is 35.3 Å². The number of thiocarbonyl (C=S) groups is 1. The number of carbonyl (C=O) groups is 2. The van der Waals surface area contributed by atoms with Gasteiger partial charge in [-0.1, -0.05) is 66.7 Å². The molecule has 0 aliphatic carbocycles. The van der Waals surface area contributed by atoms with Gasteiger partial charge in [0.2, 0.25) is 5.91 Å². The van der Waals surface area contributed by atoms with E-state index in [0.29, 0.717) is 5.75 Å². The van der Waals surface area contributed by atoms with E-state index in [1.54, 1.807) is 12.1 Å². The number of benzene rings is 3. The highest BCUT2D eigenvalue weighted by molar-refractivity contribution is 7.80. The fraction of sp³-hybridized carbons (Fsp3) is 0.0455. The average molecular weight is 405 g/mol. The molecule has 7 heteroatoms. The molecule has 3 aromatic carbocycles. The summed E-state index contributed by atoms with van der Waals surface area (Å²) in [4.78, 5) is 23.8. The highest BCUT2D eigenvalue weighted by Crippen LogP contribution is 2.24. The molecule has 0 saturated heterocycles. The van der Waals surface area contributed by atoms with Gasteiger partial charge in [0.05, 0.1) is 0 Å². The Morgan fingerprint density at radius 2 is 1.62 bits per heavy atom. The maximum atomic E-state index is 12.0. The third-order valence-electron chi connectivity index (χ3n) is 3.89. The van der Waals surface area contributed by atoms with Crippen LogP contribution in [0, 0.1) is 0 Å². The lowest BCUT2D eigenvalue weighted by atomic mass is 10.1. The first kappa shape index (κ1) is 20.0. The quantitative estimate of drug-likeness (QED) is 0.346. The van der Waals surface area contributed by atoms with E-state index >= 15 is 0 Å². The van der Waals surface area contributed by atoms with Crippen LogP contribution in [0.15, 0.2) is 78.9 Å². The number of hydrogen-bond donors (Lipinski definition) is 3. The molecule has 146 valence electrons. The van der Waals surface area contributed by atoms with Crippen LogP contribution in [0.5, 0.6) is 5.75 Å². The van der Waals surface area contributed by atoms with E-state index in [0.717, 1.165) is 16.3 Å². The first-order valence-corrected chi connectivity index (χ1v) is 9.26. The fourth-order valence-electron chi connectivity index (χ4n) is 2.55. The topological polar surface area (TPSA) is 79.5 Å². The van der Waals surface area contributed by atoms with Crippen molar-refractivity contribution >= 4 is 46.0 Å². The SMILES string of the molecule is O=C(C=Cc1ccccc1)NC(=S)NNC(=O)COc1cccc2ccccc12. The van der Waals surface area contributed by atoms with E-state index in [9.17, 15) is 9.59 Å². The van der Waals surface area contributed by atoms with Crippen molar-refractivity contribution in [2.45, 2.75) is 0 Å². The summed E-state index contributed by atoms with van der Waals surface area (Å²) in [5, 5.41) is 4.36. The van der Waals surface area contributed by atoms with Crippen molar-refractivity contribution in [3.05, 3.63) is 84.4 Å². The van der Waals surface area contributed by atoms with Crippen molar-refractivity contribution < 1.29 is 14.3 Å². The van der Waals surface area contributed by atoms with Crippen molar-refractivity contribution in [3.8, 4) is 5.75 Å². The van der Waals surface area contributed by atoms with Crippen molar-refractivity contribution in [3.63, 3.8) is 0 Å². The zero-order valence-corrected chi connectivity index (χ0v) is 16.2. The summed E-state index contributed by atoms with van der Waals surface area (Å²) in [6.07, 6.45) is 3.02. The van der Waals surface area contributed by atoms with Gasteiger partial charge in [-0.25, -0.2) is 0 Å². The standard InChI is InChI=1S/C22H19N3O3S/c26-20(14-13-16-7-2-1-3-8-16)23-22(29)25-24-21(27)15-28-19-12-6-10-17-9-4-5-11-18(17)19/h1-14H,15H2,(H,24,27)(H2,23,25,26,29). The lowest BCUT2D eigenvalue weighted by Crippen LogP contribution is -2.49. The van der Waals surface area contributed by atoms with Gasteiger partial charge >= 0.3 is 0 Å². The van der Waals surface area contributed by atoms with Gasteiger partial charge in [-0.15, -0.1) is 0 Å². The van der Waals surface area contributed by atoms with Crippen LogP contribution in [0.1, 0.15) is 5.56 Å². The summed E-state index contributed by atoms with van der Waals surface area (Å²) >= 11 is 4.99. The molecule has 3 rings (SSSR count). The van der Waals surface area contributed by atoms with Crippen LogP contribution >= 0.6 is 12.2 Å². The number of rotatable bonds is 5. The van der Waals surface area contributed by atoms with E-state index in [1.807, 2.05) is 66.7 Å². The predicted octanol–water partition coefficient (Wildman–Crippen LogP) is 2.95. The molecule has 0 unspecified atom stereocenters. The van der Waals surface area contributed by atoms with Gasteiger partial charge in [0.1, 0.15) is 5.75 Å². The van der Waals surface area contributed by atoms with E-state index in [2.05, 4.69) is 16.2 Å². The molecule has 0 saturated carbocycles. The van der Waals surface area contributed by atoms with Crippen LogP contribution in [0.4, 0.5) is 0 Å². The zero-order chi connectivity index (χ0) is 20.5. The minimum Gasteiger partial charge on any atom is -0.483 e. The van der Waals surface area contributed by atoms with Crippen molar-refractivity contribution in [1.82, 2.24) is 16.2 Å². The van der Waals surface area contributed by atoms with Gasteiger partial charge in [0.25, 0.3) is 5.91 Å². The summed E-state index contributed by atoms with van der Waals surface area (Å²) in [7, 11) is 0. The molecule has 0 aliphatic heterocycles. The Bertz CT molecular complexity index is 1050. The van der Waals surface area contributed by atoms with Gasteiger partial charge < -0.3 is 4.74 Å². The highest BCUT2D eigenvalue weighted by atomic mass is 32.1. The average Bonchev–Trinajstić information content (AvgIpc) is 2.75. The van der Waals surface area contributed by atoms with Gasteiger partial charge in [-0.3, -0.25) is 25.8 Å². The van der Waals surface area contributed by atoms with Crippen LogP contribution < -0.4 is 20.9 Å². The number of hydrogen-bond acceptors (Lipinski definition) is 4. The van der Waals surface area contributed by atoms with Crippen molar-refractivity contribution in [2.75, 3.05) is 6.61 Å². The molecular weight excluding hydrogens is 386 g/mol. The number of nitrogens with one attached hydrogen (secondary N) is 3. The van der Waals surface area contributed by atoms with Gasteiger partial charge in [0, 0.05) is 11.5 Å². The second-order valence-electron chi connectivity index (χ2n) is 6.00. The number of hydrazine groups is 1. The molecule has 0 spiro atoms. The summed E-state index contributed by atoms with van der Waals surface area (Å²) in [6, 6.07) is 22.8. The van der Waals surface area contributed by atoms with Crippen LogP contribution in [-0.2, 0) is 9.59 Å². The summed E-state index contributed by atoms with van der Waals surface area (Å²) < 4.78 is 5.59. The number of fused-ring (bicyclic) bond motifs is 1. The minimum absolute atomic E-state index is 0.0220. The molecule has 0 radical (unpaired) electrons. The number of ether oxygens (including phenoxy) is 1. The normalized spacial score (nSPS) is 10.5. The van der Waals surface area contributed by atoms with Gasteiger partial charge in [0.15, 0.2) is 11.7 Å².